The lowest BCUT2D eigenvalue weighted by atomic mass is 10.2. The van der Waals surface area contributed by atoms with E-state index in [1.165, 1.54) is 80.2 Å². The summed E-state index contributed by atoms with van der Waals surface area (Å²) < 4.78 is 108. The molecular weight excluding hydrogens is 1080 g/mol. The van der Waals surface area contributed by atoms with Crippen LogP contribution in [0.4, 0.5) is 0 Å². The first-order chi connectivity index (χ1) is 37.4. The van der Waals surface area contributed by atoms with Crippen LogP contribution in [0.5, 0.6) is 0 Å². The number of rotatable bonds is 20. The standard InChI is InChI=1S/C20H21N3O2S.2C14H13NO3S.C7H5ClO3S.CH4/c24-26(25,23-15-17-6-2-1-3-7-17)20-11-9-18(10-12-20)14-21-16-19-8-4-5-13-22-19;2*16-11-13-6-8-14(9-7-13)19(17,18)15-10-12-4-2-1-3-5-12;8-12(10,11)7-3-1-6(5-9)2-4-7;/h1-13,21,23H,14-16H2;2*1-9,11,15H,10H2;1-5H;1H4/i;;;;1D. The molecule has 7 aromatic carbocycles. The number of aromatic nitrogens is 1. The number of benzene rings is 7. The zero-order valence-electron chi connectivity index (χ0n) is 42.4. The normalized spacial score (nSPS) is 11.2. The van der Waals surface area contributed by atoms with Crippen LogP contribution in [0, 0.1) is 0 Å². The van der Waals surface area contributed by atoms with E-state index in [0.29, 0.717) is 48.6 Å². The van der Waals surface area contributed by atoms with Crippen molar-refractivity contribution in [2.75, 3.05) is 0 Å². The Kier molecular flexibility index (Phi) is 24.4. The number of hydrogen-bond acceptors (Lipinski definition) is 13. The third kappa shape index (κ3) is 21.7. The highest BCUT2D eigenvalue weighted by Gasteiger charge is 2.16. The maximum absolute atomic E-state index is 12.4. The molecule has 4 N–H and O–H groups in total. The van der Waals surface area contributed by atoms with E-state index in [0.717, 1.165) is 27.9 Å². The lowest BCUT2D eigenvalue weighted by Gasteiger charge is -2.08. The van der Waals surface area contributed by atoms with Gasteiger partial charge in [-0.3, -0.25) is 19.4 Å². The molecule has 0 fully saturated rings. The molecule has 0 spiro atoms. The van der Waals surface area contributed by atoms with E-state index in [1.54, 1.807) is 18.3 Å². The molecule has 0 aliphatic heterocycles. The summed E-state index contributed by atoms with van der Waals surface area (Å²) in [6, 6.07) is 57.6. The highest BCUT2D eigenvalue weighted by Crippen LogP contribution is 2.16. The summed E-state index contributed by atoms with van der Waals surface area (Å²) in [6.07, 6.45) is 3.74. The number of carbonyl (C=O) groups is 3. The van der Waals surface area contributed by atoms with Crippen molar-refractivity contribution < 1.29 is 49.4 Å². The number of nitrogens with zero attached hydrogens (tertiary/aromatic N) is 1. The lowest BCUT2D eigenvalue weighted by molar-refractivity contribution is 0.111. The monoisotopic (exact) mass is 1140 g/mol. The molecule has 1 aromatic heterocycles. The number of aldehydes is 3. The van der Waals surface area contributed by atoms with Crippen LogP contribution in [0.15, 0.2) is 232 Å². The van der Waals surface area contributed by atoms with Gasteiger partial charge in [0, 0.05) is 67.7 Å². The first-order valence-electron chi connectivity index (χ1n) is 23.8. The molecule has 0 bridgehead atoms. The van der Waals surface area contributed by atoms with Crippen molar-refractivity contribution in [3.63, 3.8) is 0 Å². The van der Waals surface area contributed by atoms with E-state index in [4.69, 9.17) is 12.1 Å². The third-order valence-electron chi connectivity index (χ3n) is 10.5. The fraction of sp³-hybridized carbons (Fsp3) is 0.107. The minimum Gasteiger partial charge on any atom is -0.307 e. The van der Waals surface area contributed by atoms with Crippen LogP contribution < -0.4 is 19.5 Å². The number of nitrogens with one attached hydrogen (secondary N) is 4. The predicted molar refractivity (Wildman–Crippen MR) is 298 cm³/mol. The molecule has 8 rings (SSSR count). The summed E-state index contributed by atoms with van der Waals surface area (Å²) in [5, 5.41) is 3.30. The van der Waals surface area contributed by atoms with E-state index < -0.39 is 39.1 Å². The molecule has 0 radical (unpaired) electrons. The number of sulfonamides is 3. The van der Waals surface area contributed by atoms with Crippen molar-refractivity contribution >= 4 is 68.7 Å². The van der Waals surface area contributed by atoms with Gasteiger partial charge in [-0.2, -0.15) is 0 Å². The van der Waals surface area contributed by atoms with Crippen molar-refractivity contribution in [1.29, 1.82) is 0 Å². The van der Waals surface area contributed by atoms with E-state index in [9.17, 15) is 48.1 Å². The first-order valence-corrected chi connectivity index (χ1v) is 29.6. The Morgan fingerprint density at radius 1 is 0.377 bits per heavy atom. The topological polar surface area (TPSA) is 249 Å². The van der Waals surface area contributed by atoms with Crippen LogP contribution in [-0.2, 0) is 71.8 Å². The van der Waals surface area contributed by atoms with Crippen molar-refractivity contribution in [1.82, 2.24) is 24.5 Å². The van der Waals surface area contributed by atoms with Crippen molar-refractivity contribution in [3.8, 4) is 0 Å². The molecular formula is C56H56ClN5O11S4. The zero-order valence-corrected chi connectivity index (χ0v) is 45.4. The van der Waals surface area contributed by atoms with Gasteiger partial charge in [0.05, 0.1) is 25.3 Å². The first kappa shape index (κ1) is 60.5. The largest absolute Gasteiger partial charge is 0.307 e. The molecule has 21 heteroatoms. The summed E-state index contributed by atoms with van der Waals surface area (Å²) in [5.74, 6) is 0. The number of pyridine rings is 1. The van der Waals surface area contributed by atoms with Gasteiger partial charge >= 0.3 is 0 Å². The highest BCUT2D eigenvalue weighted by atomic mass is 35.7. The summed E-state index contributed by atoms with van der Waals surface area (Å²) >= 11 is 0. The Morgan fingerprint density at radius 2 is 0.675 bits per heavy atom. The van der Waals surface area contributed by atoms with Gasteiger partial charge in [0.15, 0.2) is 0 Å². The average molecular weight is 1140 g/mol. The maximum Gasteiger partial charge on any atom is 0.261 e. The van der Waals surface area contributed by atoms with Crippen LogP contribution in [0.25, 0.3) is 0 Å². The number of carbonyl (C=O) groups excluding carboxylic acids is 3. The maximum atomic E-state index is 12.4. The smallest absolute Gasteiger partial charge is 0.261 e. The molecule has 8 aromatic rings. The molecule has 0 saturated heterocycles. The van der Waals surface area contributed by atoms with Gasteiger partial charge in [0.1, 0.15) is 18.9 Å². The van der Waals surface area contributed by atoms with Crippen LogP contribution in [-0.4, -0.2) is 57.5 Å². The number of halogens is 1. The Hall–Kier alpha value is -7.37. The fourth-order valence-corrected chi connectivity index (χ4v) is 10.2. The average Bonchev–Trinajstić information content (AvgIpc) is 3.48. The van der Waals surface area contributed by atoms with Gasteiger partial charge in [-0.15, -0.1) is 0 Å². The van der Waals surface area contributed by atoms with Crippen LogP contribution in [0.2, 0.25) is 0 Å². The minimum absolute atomic E-state index is 0.00485. The molecule has 402 valence electrons. The van der Waals surface area contributed by atoms with Gasteiger partial charge in [-0.1, -0.05) is 153 Å². The van der Waals surface area contributed by atoms with Crippen molar-refractivity contribution in [2.24, 2.45) is 0 Å². The zero-order chi connectivity index (χ0) is 56.9. The van der Waals surface area contributed by atoms with Crippen LogP contribution in [0.1, 0.15) is 67.8 Å². The molecule has 77 heavy (non-hydrogen) atoms. The lowest BCUT2D eigenvalue weighted by Crippen LogP contribution is -2.23. The Bertz CT molecular complexity index is 3420. The van der Waals surface area contributed by atoms with Gasteiger partial charge < -0.3 is 5.32 Å². The molecule has 1 heterocycles. The quantitative estimate of drug-likeness (QED) is 0.0412. The minimum atomic E-state index is -3.67. The second-order valence-corrected chi connectivity index (χ2v) is 23.9. The summed E-state index contributed by atoms with van der Waals surface area (Å²) in [6.45, 7) is 2.06. The van der Waals surface area contributed by atoms with Crippen LogP contribution in [0.3, 0.4) is 0 Å². The van der Waals surface area contributed by atoms with Gasteiger partial charge in [0.2, 0.25) is 30.1 Å². The molecule has 0 amide bonds. The number of hydrogen-bond donors (Lipinski definition) is 4. The van der Waals surface area contributed by atoms with Gasteiger partial charge in [0.25, 0.3) is 9.05 Å². The van der Waals surface area contributed by atoms with Crippen LogP contribution >= 0.6 is 10.7 Å². The van der Waals surface area contributed by atoms with Gasteiger partial charge in [-0.25, -0.2) is 47.8 Å². The second kappa shape index (κ2) is 31.0. The second-order valence-electron chi connectivity index (χ2n) is 16.0. The molecule has 16 nitrogen and oxygen atoms in total. The predicted octanol–water partition coefficient (Wildman–Crippen LogP) is 8.87. The van der Waals surface area contributed by atoms with Crippen molar-refractivity contribution in [2.45, 2.75) is 59.7 Å². The van der Waals surface area contributed by atoms with E-state index in [1.807, 2.05) is 121 Å². The Balaban J connectivity index is 0.000000229. The van der Waals surface area contributed by atoms with Gasteiger partial charge in [-0.05, 0) is 82.9 Å². The fourth-order valence-electron chi connectivity index (χ4n) is 6.36. The SMILES string of the molecule is O=Cc1ccc(S(=O)(=O)Cl)cc1.O=Cc1ccc(S(=O)(=O)NCc2ccccc2)cc1.O=Cc1ccc(S(=O)(=O)NCc2ccccc2)cc1.O=S(=O)(NCc1ccccc1)c1ccc(CNCc2ccccn2)cc1.[2H]C. The Morgan fingerprint density at radius 3 is 0.974 bits per heavy atom. The summed E-state index contributed by atoms with van der Waals surface area (Å²) in [5.41, 5.74) is 5.99. The molecule has 0 atom stereocenters. The summed E-state index contributed by atoms with van der Waals surface area (Å²) in [7, 11) is -8.00. The summed E-state index contributed by atoms with van der Waals surface area (Å²) in [4.78, 5) is 36.0. The van der Waals surface area contributed by atoms with E-state index in [2.05, 4.69) is 24.5 Å². The van der Waals surface area contributed by atoms with Crippen molar-refractivity contribution in [3.05, 3.63) is 257 Å². The molecule has 0 saturated carbocycles. The van der Waals surface area contributed by atoms with E-state index >= 15 is 0 Å². The van der Waals surface area contributed by atoms with E-state index in [-0.39, 0.29) is 39.2 Å². The third-order valence-corrected chi connectivity index (χ3v) is 16.1. The molecule has 0 aliphatic rings. The Labute approximate surface area is 456 Å². The highest BCUT2D eigenvalue weighted by molar-refractivity contribution is 8.13. The molecule has 0 aliphatic carbocycles. The molecule has 0 unspecified atom stereocenters.